The van der Waals surface area contributed by atoms with Crippen LogP contribution in [0.15, 0.2) is 64.1 Å². The predicted molar refractivity (Wildman–Crippen MR) is 122 cm³/mol. The summed E-state index contributed by atoms with van der Waals surface area (Å²) in [7, 11) is 0. The summed E-state index contributed by atoms with van der Waals surface area (Å²) >= 11 is 0. The fourth-order valence-electron chi connectivity index (χ4n) is 3.69. The van der Waals surface area contributed by atoms with Crippen LogP contribution in [0.5, 0.6) is 5.75 Å². The Morgan fingerprint density at radius 3 is 2.74 bits per heavy atom. The lowest BCUT2D eigenvalue weighted by atomic mass is 10.2. The second kappa shape index (κ2) is 8.52. The van der Waals surface area contributed by atoms with Gasteiger partial charge in [0.1, 0.15) is 11.3 Å². The van der Waals surface area contributed by atoms with E-state index >= 15 is 0 Å². The number of carbonyl (C=O) groups is 1. The van der Waals surface area contributed by atoms with Gasteiger partial charge in [0.25, 0.3) is 0 Å². The van der Waals surface area contributed by atoms with Gasteiger partial charge in [-0.1, -0.05) is 12.1 Å². The number of amides is 1. The van der Waals surface area contributed by atoms with Crippen molar-refractivity contribution < 1.29 is 13.9 Å². The van der Waals surface area contributed by atoms with Gasteiger partial charge in [0.05, 0.1) is 12.8 Å². The Labute approximate surface area is 181 Å². The van der Waals surface area contributed by atoms with E-state index in [1.807, 2.05) is 38.1 Å². The van der Waals surface area contributed by atoms with Gasteiger partial charge >= 0.3 is 5.91 Å². The van der Waals surface area contributed by atoms with Crippen LogP contribution in [-0.2, 0) is 0 Å². The van der Waals surface area contributed by atoms with Crippen molar-refractivity contribution in [1.82, 2.24) is 9.99 Å². The first-order valence-corrected chi connectivity index (χ1v) is 10.2. The molecule has 4 aromatic rings. The van der Waals surface area contributed by atoms with E-state index in [-0.39, 0.29) is 5.76 Å². The van der Waals surface area contributed by atoms with Gasteiger partial charge in [-0.2, -0.15) is 5.10 Å². The molecule has 0 bridgehead atoms. The SMILES string of the molecule is CCOc1ccc2oc(C(=O)N/N=C/c3cc(C)n(-c4cccc(C)c4)c3C)cc2c1. The Kier molecular flexibility index (Phi) is 5.62. The molecule has 1 amide bonds. The third kappa shape index (κ3) is 4.23. The second-order valence-electron chi connectivity index (χ2n) is 7.44. The maximum absolute atomic E-state index is 12.5. The number of fused-ring (bicyclic) bond motifs is 1. The van der Waals surface area contributed by atoms with Crippen LogP contribution in [0.1, 0.15) is 40.0 Å². The number of nitrogens with zero attached hydrogens (tertiary/aromatic N) is 2. The summed E-state index contributed by atoms with van der Waals surface area (Å²) in [6, 6.07) is 17.5. The van der Waals surface area contributed by atoms with Crippen LogP contribution in [0.3, 0.4) is 0 Å². The van der Waals surface area contributed by atoms with Gasteiger partial charge < -0.3 is 13.7 Å². The Bertz CT molecular complexity index is 1280. The van der Waals surface area contributed by atoms with Gasteiger partial charge in [-0.3, -0.25) is 4.79 Å². The molecule has 31 heavy (non-hydrogen) atoms. The molecule has 0 aliphatic carbocycles. The zero-order valence-corrected chi connectivity index (χ0v) is 18.1. The third-order valence-corrected chi connectivity index (χ3v) is 5.12. The van der Waals surface area contributed by atoms with E-state index in [0.717, 1.165) is 33.8 Å². The topological polar surface area (TPSA) is 68.8 Å². The molecule has 0 aliphatic rings. The van der Waals surface area contributed by atoms with E-state index in [4.69, 9.17) is 9.15 Å². The molecule has 1 N–H and O–H groups in total. The number of ether oxygens (including phenoxy) is 1. The molecule has 6 heteroatoms. The smallest absolute Gasteiger partial charge is 0.307 e. The maximum atomic E-state index is 12.5. The molecule has 0 radical (unpaired) electrons. The second-order valence-corrected chi connectivity index (χ2v) is 7.44. The molecule has 6 nitrogen and oxygen atoms in total. The average Bonchev–Trinajstić information content (AvgIpc) is 3.28. The third-order valence-electron chi connectivity index (χ3n) is 5.12. The molecule has 0 saturated heterocycles. The number of nitrogens with one attached hydrogen (secondary N) is 1. The van der Waals surface area contributed by atoms with E-state index < -0.39 is 5.91 Å². The van der Waals surface area contributed by atoms with Gasteiger partial charge in [0.15, 0.2) is 5.76 Å². The fourth-order valence-corrected chi connectivity index (χ4v) is 3.69. The van der Waals surface area contributed by atoms with Crippen LogP contribution < -0.4 is 10.2 Å². The minimum Gasteiger partial charge on any atom is -0.494 e. The number of benzene rings is 2. The summed E-state index contributed by atoms with van der Waals surface area (Å²) in [5, 5.41) is 4.95. The predicted octanol–water partition coefficient (Wildman–Crippen LogP) is 5.31. The quantitative estimate of drug-likeness (QED) is 0.343. The fraction of sp³-hybridized carbons (Fsp3) is 0.200. The van der Waals surface area contributed by atoms with Crippen molar-refractivity contribution in [2.45, 2.75) is 27.7 Å². The number of aryl methyl sites for hydroxylation is 2. The molecule has 158 valence electrons. The molecule has 0 aliphatic heterocycles. The Hall–Kier alpha value is -3.80. The number of aromatic nitrogens is 1. The molecule has 0 spiro atoms. The summed E-state index contributed by atoms with van der Waals surface area (Å²) in [6.07, 6.45) is 1.66. The van der Waals surface area contributed by atoms with Gasteiger partial charge in [0, 0.05) is 28.0 Å². The standard InChI is InChI=1S/C25H25N3O3/c1-5-30-22-9-10-23-19(13-22)14-24(31-23)25(29)27-26-15-20-12-17(3)28(18(20)4)21-8-6-7-16(2)11-21/h6-15H,5H2,1-4H3,(H,27,29)/b26-15+. The van der Waals surface area contributed by atoms with Crippen molar-refractivity contribution in [1.29, 1.82) is 0 Å². The highest BCUT2D eigenvalue weighted by Crippen LogP contribution is 2.24. The maximum Gasteiger partial charge on any atom is 0.307 e. The molecule has 0 fully saturated rings. The summed E-state index contributed by atoms with van der Waals surface area (Å²) in [5.41, 5.74) is 8.56. The zero-order valence-electron chi connectivity index (χ0n) is 18.1. The highest BCUT2D eigenvalue weighted by molar-refractivity contribution is 5.96. The number of furan rings is 1. The summed E-state index contributed by atoms with van der Waals surface area (Å²) in [6.45, 7) is 8.67. The lowest BCUT2D eigenvalue weighted by molar-refractivity contribution is 0.0929. The molecule has 0 atom stereocenters. The van der Waals surface area contributed by atoms with Crippen molar-refractivity contribution in [2.75, 3.05) is 6.61 Å². The minimum absolute atomic E-state index is 0.200. The van der Waals surface area contributed by atoms with E-state index in [9.17, 15) is 4.79 Å². The van der Waals surface area contributed by atoms with Crippen molar-refractivity contribution in [2.24, 2.45) is 5.10 Å². The van der Waals surface area contributed by atoms with Crippen LogP contribution in [0.25, 0.3) is 16.7 Å². The van der Waals surface area contributed by atoms with Crippen molar-refractivity contribution in [3.8, 4) is 11.4 Å². The average molecular weight is 415 g/mol. The van der Waals surface area contributed by atoms with Crippen molar-refractivity contribution in [3.63, 3.8) is 0 Å². The molecule has 0 unspecified atom stereocenters. The number of rotatable bonds is 6. The van der Waals surface area contributed by atoms with Crippen molar-refractivity contribution in [3.05, 3.63) is 82.9 Å². The summed E-state index contributed by atoms with van der Waals surface area (Å²) < 4.78 is 13.3. The largest absolute Gasteiger partial charge is 0.494 e. The van der Waals surface area contributed by atoms with Gasteiger partial charge in [-0.05, 0) is 75.7 Å². The van der Waals surface area contributed by atoms with E-state index in [0.29, 0.717) is 12.2 Å². The molecule has 4 rings (SSSR count). The summed E-state index contributed by atoms with van der Waals surface area (Å²) in [5.74, 6) is 0.536. The monoisotopic (exact) mass is 415 g/mol. The van der Waals surface area contributed by atoms with Gasteiger partial charge in [-0.15, -0.1) is 0 Å². The molecular formula is C25H25N3O3. The molecule has 2 aromatic carbocycles. The molecular weight excluding hydrogens is 390 g/mol. The van der Waals surface area contributed by atoms with Crippen molar-refractivity contribution >= 4 is 23.1 Å². The van der Waals surface area contributed by atoms with Crippen LogP contribution in [-0.4, -0.2) is 23.3 Å². The number of hydrogen-bond donors (Lipinski definition) is 1. The first-order valence-electron chi connectivity index (χ1n) is 10.2. The normalized spacial score (nSPS) is 11.4. The first-order chi connectivity index (χ1) is 15.0. The molecule has 0 saturated carbocycles. The number of carbonyl (C=O) groups excluding carboxylic acids is 1. The summed E-state index contributed by atoms with van der Waals surface area (Å²) in [4.78, 5) is 12.5. The van der Waals surface area contributed by atoms with E-state index in [2.05, 4.69) is 47.1 Å². The number of hydrazone groups is 1. The highest BCUT2D eigenvalue weighted by atomic mass is 16.5. The zero-order chi connectivity index (χ0) is 22.0. The Morgan fingerprint density at radius 1 is 1.13 bits per heavy atom. The Morgan fingerprint density at radius 2 is 1.97 bits per heavy atom. The van der Waals surface area contributed by atoms with Gasteiger partial charge in [-0.25, -0.2) is 5.43 Å². The molecule has 2 heterocycles. The van der Waals surface area contributed by atoms with Crippen LogP contribution in [0.4, 0.5) is 0 Å². The van der Waals surface area contributed by atoms with Crippen LogP contribution in [0.2, 0.25) is 0 Å². The van der Waals surface area contributed by atoms with Crippen LogP contribution in [0, 0.1) is 20.8 Å². The van der Waals surface area contributed by atoms with E-state index in [1.165, 1.54) is 5.56 Å². The Balaban J connectivity index is 1.50. The minimum atomic E-state index is -0.405. The first kappa shape index (κ1) is 20.5. The lowest BCUT2D eigenvalue weighted by Crippen LogP contribution is -2.16. The molecule has 2 aromatic heterocycles. The van der Waals surface area contributed by atoms with Crippen LogP contribution >= 0.6 is 0 Å². The lowest BCUT2D eigenvalue weighted by Gasteiger charge is -2.10. The van der Waals surface area contributed by atoms with E-state index in [1.54, 1.807) is 18.3 Å². The van der Waals surface area contributed by atoms with Gasteiger partial charge in [0.2, 0.25) is 0 Å². The number of hydrogen-bond acceptors (Lipinski definition) is 4. The highest BCUT2D eigenvalue weighted by Gasteiger charge is 2.13.